The number of ketones is 1. The van der Waals surface area contributed by atoms with E-state index >= 15 is 0 Å². The lowest BCUT2D eigenvalue weighted by Gasteiger charge is -2.33. The minimum atomic E-state index is -2.53. The fraction of sp³-hybridized carbons (Fsp3) is 0.833. The first-order chi connectivity index (χ1) is 8.19. The zero-order valence-corrected chi connectivity index (χ0v) is 10.9. The molecule has 0 aliphatic carbocycles. The zero-order valence-electron chi connectivity index (χ0n) is 10.9. The van der Waals surface area contributed by atoms with Crippen molar-refractivity contribution < 1.29 is 23.1 Å². The first-order valence-corrected chi connectivity index (χ1v) is 5.98. The van der Waals surface area contributed by atoms with Crippen molar-refractivity contribution in [3.8, 4) is 0 Å². The van der Waals surface area contributed by atoms with E-state index in [-0.39, 0.29) is 25.3 Å². The summed E-state index contributed by atoms with van der Waals surface area (Å²) >= 11 is 0. The van der Waals surface area contributed by atoms with Crippen molar-refractivity contribution in [2.24, 2.45) is 5.92 Å². The van der Waals surface area contributed by atoms with Crippen molar-refractivity contribution in [1.29, 1.82) is 0 Å². The maximum atomic E-state index is 12.3. The number of hydrogen-bond donors (Lipinski definition) is 0. The third kappa shape index (κ3) is 4.58. The SMILES string of the molecule is CC(C)(C)OC(=O)N1CCC(=O)C(CC(F)F)C1. The molecule has 1 saturated heterocycles. The van der Waals surface area contributed by atoms with Crippen LogP contribution in [0.3, 0.4) is 0 Å². The molecule has 0 bridgehead atoms. The predicted octanol–water partition coefficient (Wildman–Crippen LogP) is 2.47. The first-order valence-electron chi connectivity index (χ1n) is 5.98. The van der Waals surface area contributed by atoms with Gasteiger partial charge in [-0.25, -0.2) is 13.6 Å². The van der Waals surface area contributed by atoms with Gasteiger partial charge in [-0.15, -0.1) is 0 Å². The summed E-state index contributed by atoms with van der Waals surface area (Å²) in [5, 5.41) is 0. The molecule has 4 nitrogen and oxygen atoms in total. The number of ether oxygens (including phenoxy) is 1. The number of Topliss-reactive ketones (excluding diaryl/α,β-unsaturated/α-hetero) is 1. The van der Waals surface area contributed by atoms with E-state index in [1.165, 1.54) is 4.90 Å². The molecule has 0 radical (unpaired) electrons. The molecule has 1 fully saturated rings. The number of amides is 1. The Bertz CT molecular complexity index is 326. The Morgan fingerprint density at radius 1 is 1.50 bits per heavy atom. The number of hydrogen-bond acceptors (Lipinski definition) is 3. The molecule has 0 spiro atoms. The van der Waals surface area contributed by atoms with E-state index in [1.54, 1.807) is 20.8 Å². The van der Waals surface area contributed by atoms with E-state index in [2.05, 4.69) is 0 Å². The van der Waals surface area contributed by atoms with Crippen LogP contribution in [0.1, 0.15) is 33.6 Å². The molecule has 0 N–H and O–H groups in total. The van der Waals surface area contributed by atoms with Crippen molar-refractivity contribution in [2.75, 3.05) is 13.1 Å². The monoisotopic (exact) mass is 263 g/mol. The van der Waals surface area contributed by atoms with Crippen LogP contribution in [-0.2, 0) is 9.53 Å². The van der Waals surface area contributed by atoms with Crippen molar-refractivity contribution in [2.45, 2.75) is 45.6 Å². The van der Waals surface area contributed by atoms with Gasteiger partial charge in [0.25, 0.3) is 0 Å². The highest BCUT2D eigenvalue weighted by molar-refractivity contribution is 5.84. The fourth-order valence-electron chi connectivity index (χ4n) is 1.82. The summed E-state index contributed by atoms with van der Waals surface area (Å²) in [7, 11) is 0. The van der Waals surface area contributed by atoms with Gasteiger partial charge in [0, 0.05) is 31.8 Å². The molecular weight excluding hydrogens is 244 g/mol. The van der Waals surface area contributed by atoms with E-state index in [4.69, 9.17) is 4.74 Å². The molecule has 1 amide bonds. The molecule has 1 unspecified atom stereocenters. The van der Waals surface area contributed by atoms with Crippen LogP contribution in [-0.4, -0.2) is 41.9 Å². The molecule has 0 saturated carbocycles. The number of piperidine rings is 1. The van der Waals surface area contributed by atoms with Crippen LogP contribution in [0, 0.1) is 5.92 Å². The smallest absolute Gasteiger partial charge is 0.410 e. The summed E-state index contributed by atoms with van der Waals surface area (Å²) in [5.41, 5.74) is -0.628. The van der Waals surface area contributed by atoms with E-state index in [1.807, 2.05) is 0 Å². The molecular formula is C12H19F2NO3. The average Bonchev–Trinajstić information content (AvgIpc) is 2.17. The Labute approximate surface area is 105 Å². The standard InChI is InChI=1S/C12H19F2NO3/c1-12(2,3)18-11(17)15-5-4-9(16)8(7-15)6-10(13)14/h8,10H,4-7H2,1-3H3. The molecule has 104 valence electrons. The van der Waals surface area contributed by atoms with Gasteiger partial charge >= 0.3 is 6.09 Å². The molecule has 0 aromatic rings. The molecule has 1 rings (SSSR count). The molecule has 1 aliphatic rings. The van der Waals surface area contributed by atoms with Gasteiger partial charge in [-0.05, 0) is 20.8 Å². The van der Waals surface area contributed by atoms with Gasteiger partial charge in [0.2, 0.25) is 6.43 Å². The second kappa shape index (κ2) is 5.63. The molecule has 1 aliphatic heterocycles. The van der Waals surface area contributed by atoms with Crippen LogP contribution in [0.4, 0.5) is 13.6 Å². The van der Waals surface area contributed by atoms with E-state index in [0.29, 0.717) is 0 Å². The van der Waals surface area contributed by atoms with Gasteiger partial charge in [0.1, 0.15) is 11.4 Å². The Balaban J connectivity index is 2.58. The van der Waals surface area contributed by atoms with Gasteiger partial charge in [-0.3, -0.25) is 4.79 Å². The van der Waals surface area contributed by atoms with Gasteiger partial charge in [-0.2, -0.15) is 0 Å². The Kier molecular flexibility index (Phi) is 4.65. The molecule has 0 aromatic heterocycles. The van der Waals surface area contributed by atoms with Crippen LogP contribution < -0.4 is 0 Å². The predicted molar refractivity (Wildman–Crippen MR) is 61.5 cm³/mol. The van der Waals surface area contributed by atoms with E-state index in [0.717, 1.165) is 0 Å². The summed E-state index contributed by atoms with van der Waals surface area (Å²) in [6, 6.07) is 0. The van der Waals surface area contributed by atoms with E-state index in [9.17, 15) is 18.4 Å². The average molecular weight is 263 g/mol. The van der Waals surface area contributed by atoms with Crippen LogP contribution in [0.2, 0.25) is 0 Å². The lowest BCUT2D eigenvalue weighted by molar-refractivity contribution is -0.127. The first kappa shape index (κ1) is 14.9. The van der Waals surface area contributed by atoms with Crippen LogP contribution in [0.25, 0.3) is 0 Å². The zero-order chi connectivity index (χ0) is 13.9. The van der Waals surface area contributed by atoms with Gasteiger partial charge < -0.3 is 9.64 Å². The van der Waals surface area contributed by atoms with Gasteiger partial charge in [0.15, 0.2) is 0 Å². The molecule has 6 heteroatoms. The molecule has 1 atom stereocenters. The van der Waals surface area contributed by atoms with Crippen molar-refractivity contribution >= 4 is 11.9 Å². The number of halogens is 2. The quantitative estimate of drug-likeness (QED) is 0.769. The minimum Gasteiger partial charge on any atom is -0.444 e. The number of carbonyl (C=O) groups is 2. The molecule has 1 heterocycles. The highest BCUT2D eigenvalue weighted by Crippen LogP contribution is 2.21. The van der Waals surface area contributed by atoms with Crippen LogP contribution in [0.5, 0.6) is 0 Å². The summed E-state index contributed by atoms with van der Waals surface area (Å²) in [4.78, 5) is 24.6. The van der Waals surface area contributed by atoms with Crippen molar-refractivity contribution in [3.05, 3.63) is 0 Å². The van der Waals surface area contributed by atoms with Crippen LogP contribution >= 0.6 is 0 Å². The lowest BCUT2D eigenvalue weighted by Crippen LogP contribution is -2.46. The number of carbonyl (C=O) groups excluding carboxylic acids is 2. The number of likely N-dealkylation sites (tertiary alicyclic amines) is 1. The third-order valence-electron chi connectivity index (χ3n) is 2.64. The Hall–Kier alpha value is -1.20. The van der Waals surface area contributed by atoms with Gasteiger partial charge in [-0.1, -0.05) is 0 Å². The second-order valence-corrected chi connectivity index (χ2v) is 5.47. The maximum absolute atomic E-state index is 12.3. The highest BCUT2D eigenvalue weighted by atomic mass is 19.3. The molecule has 18 heavy (non-hydrogen) atoms. The topological polar surface area (TPSA) is 46.6 Å². The molecule has 0 aromatic carbocycles. The fourth-order valence-corrected chi connectivity index (χ4v) is 1.82. The summed E-state index contributed by atoms with van der Waals surface area (Å²) in [6.45, 7) is 5.47. The van der Waals surface area contributed by atoms with Crippen molar-refractivity contribution in [3.63, 3.8) is 0 Å². The van der Waals surface area contributed by atoms with E-state index < -0.39 is 30.5 Å². The summed E-state index contributed by atoms with van der Waals surface area (Å²) in [6.07, 6.45) is -3.44. The van der Waals surface area contributed by atoms with Crippen LogP contribution in [0.15, 0.2) is 0 Å². The Morgan fingerprint density at radius 3 is 2.61 bits per heavy atom. The largest absolute Gasteiger partial charge is 0.444 e. The number of alkyl halides is 2. The van der Waals surface area contributed by atoms with Gasteiger partial charge in [0.05, 0.1) is 0 Å². The summed E-state index contributed by atoms with van der Waals surface area (Å²) < 4.78 is 29.8. The normalized spacial score (nSPS) is 21.3. The number of rotatable bonds is 2. The minimum absolute atomic E-state index is 0.0259. The second-order valence-electron chi connectivity index (χ2n) is 5.47. The third-order valence-corrected chi connectivity index (χ3v) is 2.64. The number of nitrogens with zero attached hydrogens (tertiary/aromatic N) is 1. The maximum Gasteiger partial charge on any atom is 0.410 e. The summed E-state index contributed by atoms with van der Waals surface area (Å²) in [5.74, 6) is -0.971. The lowest BCUT2D eigenvalue weighted by atomic mass is 9.94. The van der Waals surface area contributed by atoms with Crippen molar-refractivity contribution in [1.82, 2.24) is 4.90 Å². The Morgan fingerprint density at radius 2 is 2.11 bits per heavy atom. The highest BCUT2D eigenvalue weighted by Gasteiger charge is 2.33.